The molecule has 2 nitrogen and oxygen atoms in total. The van der Waals surface area contributed by atoms with E-state index in [0.717, 1.165) is 16.1 Å². The second kappa shape index (κ2) is 6.24. The van der Waals surface area contributed by atoms with Crippen LogP contribution < -0.4 is 5.32 Å². The number of halogens is 1. The summed E-state index contributed by atoms with van der Waals surface area (Å²) in [7, 11) is 0. The first-order chi connectivity index (χ1) is 8.70. The number of benzene rings is 1. The summed E-state index contributed by atoms with van der Waals surface area (Å²) in [5.41, 5.74) is 1.78. The second-order valence-corrected chi connectivity index (χ2v) is 5.99. The van der Waals surface area contributed by atoms with Crippen molar-refractivity contribution in [2.75, 3.05) is 5.32 Å². The largest absolute Gasteiger partial charge is 0.382 e. The van der Waals surface area contributed by atoms with Crippen molar-refractivity contribution in [3.63, 3.8) is 0 Å². The minimum Gasteiger partial charge on any atom is -0.382 e. The van der Waals surface area contributed by atoms with Crippen LogP contribution in [0.25, 0.3) is 0 Å². The lowest BCUT2D eigenvalue weighted by Gasteiger charge is -2.29. The van der Waals surface area contributed by atoms with Crippen molar-refractivity contribution in [1.82, 2.24) is 0 Å². The van der Waals surface area contributed by atoms with E-state index in [1.54, 1.807) is 0 Å². The average molecular weight is 307 g/mol. The third-order valence-electron chi connectivity index (χ3n) is 3.84. The number of hydrogen-bond acceptors (Lipinski definition) is 2. The lowest BCUT2D eigenvalue weighted by Crippen LogP contribution is -2.27. The fourth-order valence-electron chi connectivity index (χ4n) is 2.71. The molecule has 1 unspecified atom stereocenters. The minimum atomic E-state index is 0.505. The number of nitriles is 1. The van der Waals surface area contributed by atoms with Gasteiger partial charge in [0.05, 0.1) is 5.56 Å². The minimum absolute atomic E-state index is 0.505. The summed E-state index contributed by atoms with van der Waals surface area (Å²) in [5, 5.41) is 12.5. The topological polar surface area (TPSA) is 35.8 Å². The van der Waals surface area contributed by atoms with Gasteiger partial charge in [-0.05, 0) is 59.8 Å². The van der Waals surface area contributed by atoms with Crippen LogP contribution in [0.1, 0.15) is 44.6 Å². The van der Waals surface area contributed by atoms with Crippen molar-refractivity contribution in [1.29, 1.82) is 5.26 Å². The van der Waals surface area contributed by atoms with Crippen LogP contribution in [0.15, 0.2) is 22.7 Å². The Morgan fingerprint density at radius 3 is 2.67 bits per heavy atom. The van der Waals surface area contributed by atoms with Crippen LogP contribution in [0.5, 0.6) is 0 Å². The van der Waals surface area contributed by atoms with Crippen molar-refractivity contribution >= 4 is 21.6 Å². The Labute approximate surface area is 118 Å². The highest BCUT2D eigenvalue weighted by molar-refractivity contribution is 9.10. The Morgan fingerprint density at radius 1 is 1.33 bits per heavy atom. The van der Waals surface area contributed by atoms with Gasteiger partial charge in [-0.3, -0.25) is 0 Å². The third kappa shape index (κ3) is 3.26. The maximum Gasteiger partial charge on any atom is 0.100 e. The number of rotatable bonds is 3. The molecule has 0 amide bonds. The van der Waals surface area contributed by atoms with E-state index in [4.69, 9.17) is 5.26 Å². The predicted molar refractivity (Wildman–Crippen MR) is 78.5 cm³/mol. The molecule has 1 atom stereocenters. The van der Waals surface area contributed by atoms with Crippen LogP contribution in [-0.2, 0) is 0 Å². The highest BCUT2D eigenvalue weighted by Gasteiger charge is 2.19. The van der Waals surface area contributed by atoms with Gasteiger partial charge in [0.25, 0.3) is 0 Å². The van der Waals surface area contributed by atoms with Crippen LogP contribution in [0.3, 0.4) is 0 Å². The second-order valence-electron chi connectivity index (χ2n) is 5.14. The Balaban J connectivity index is 2.00. The molecule has 0 heterocycles. The molecule has 1 aliphatic rings. The molecule has 96 valence electrons. The van der Waals surface area contributed by atoms with Crippen LogP contribution in [0.4, 0.5) is 5.69 Å². The molecule has 1 aromatic carbocycles. The predicted octanol–water partition coefficient (Wildman–Crippen LogP) is 4.70. The fourth-order valence-corrected chi connectivity index (χ4v) is 3.18. The zero-order chi connectivity index (χ0) is 13.0. The van der Waals surface area contributed by atoms with Gasteiger partial charge < -0.3 is 5.32 Å². The fraction of sp³-hybridized carbons (Fsp3) is 0.533. The van der Waals surface area contributed by atoms with E-state index in [1.807, 2.05) is 18.2 Å². The lowest BCUT2D eigenvalue weighted by molar-refractivity contribution is 0.328. The monoisotopic (exact) mass is 306 g/mol. The van der Waals surface area contributed by atoms with Gasteiger partial charge in [-0.15, -0.1) is 0 Å². The Morgan fingerprint density at radius 2 is 2.06 bits per heavy atom. The smallest absolute Gasteiger partial charge is 0.100 e. The molecule has 1 N–H and O–H groups in total. The van der Waals surface area contributed by atoms with Gasteiger partial charge in [0, 0.05) is 16.2 Å². The van der Waals surface area contributed by atoms with Crippen molar-refractivity contribution in [2.45, 2.75) is 45.1 Å². The van der Waals surface area contributed by atoms with Crippen molar-refractivity contribution < 1.29 is 0 Å². The van der Waals surface area contributed by atoms with Gasteiger partial charge in [-0.2, -0.15) is 5.26 Å². The average Bonchev–Trinajstić information content (AvgIpc) is 2.40. The molecular formula is C15H19BrN2. The molecule has 0 spiro atoms. The normalized spacial score (nSPS) is 18.1. The van der Waals surface area contributed by atoms with Crippen molar-refractivity contribution in [3.05, 3.63) is 28.2 Å². The van der Waals surface area contributed by atoms with E-state index in [1.165, 1.54) is 32.1 Å². The first kappa shape index (κ1) is 13.4. The molecule has 18 heavy (non-hydrogen) atoms. The number of hydrogen-bond donors (Lipinski definition) is 1. The Bertz CT molecular complexity index is 444. The van der Waals surface area contributed by atoms with E-state index >= 15 is 0 Å². The molecule has 0 saturated heterocycles. The van der Waals surface area contributed by atoms with E-state index in [9.17, 15) is 0 Å². The van der Waals surface area contributed by atoms with Gasteiger partial charge in [0.15, 0.2) is 0 Å². The van der Waals surface area contributed by atoms with Gasteiger partial charge >= 0.3 is 0 Å². The number of nitrogens with one attached hydrogen (secondary N) is 1. The summed E-state index contributed by atoms with van der Waals surface area (Å²) in [6.07, 6.45) is 6.81. The summed E-state index contributed by atoms with van der Waals surface area (Å²) < 4.78 is 0.867. The van der Waals surface area contributed by atoms with Gasteiger partial charge in [-0.1, -0.05) is 19.3 Å². The van der Waals surface area contributed by atoms with E-state index in [-0.39, 0.29) is 0 Å². The molecule has 3 heteroatoms. The molecular weight excluding hydrogens is 288 g/mol. The maximum atomic E-state index is 8.89. The standard InChI is InChI=1S/C15H19BrN2/c1-11(12-5-3-2-4-6-12)18-14-8-7-13(10-17)15(16)9-14/h7-9,11-12,18H,2-6H2,1H3. The molecule has 0 aromatic heterocycles. The molecule has 2 rings (SSSR count). The van der Waals surface area contributed by atoms with Gasteiger partial charge in [-0.25, -0.2) is 0 Å². The number of nitrogens with zero attached hydrogens (tertiary/aromatic N) is 1. The quantitative estimate of drug-likeness (QED) is 0.878. The molecule has 0 aliphatic heterocycles. The van der Waals surface area contributed by atoms with Crippen LogP contribution >= 0.6 is 15.9 Å². The van der Waals surface area contributed by atoms with Crippen LogP contribution in [0.2, 0.25) is 0 Å². The zero-order valence-corrected chi connectivity index (χ0v) is 12.3. The zero-order valence-electron chi connectivity index (χ0n) is 10.7. The van der Waals surface area contributed by atoms with E-state index < -0.39 is 0 Å². The summed E-state index contributed by atoms with van der Waals surface area (Å²) in [6, 6.07) is 8.52. The molecule has 1 fully saturated rings. The third-order valence-corrected chi connectivity index (χ3v) is 4.50. The van der Waals surface area contributed by atoms with Crippen molar-refractivity contribution in [2.24, 2.45) is 5.92 Å². The molecule has 1 aromatic rings. The summed E-state index contributed by atoms with van der Waals surface area (Å²) in [6.45, 7) is 2.27. The number of anilines is 1. The molecule has 1 aliphatic carbocycles. The van der Waals surface area contributed by atoms with E-state index in [0.29, 0.717) is 11.6 Å². The van der Waals surface area contributed by atoms with Gasteiger partial charge in [0.1, 0.15) is 6.07 Å². The van der Waals surface area contributed by atoms with Crippen molar-refractivity contribution in [3.8, 4) is 6.07 Å². The summed E-state index contributed by atoms with van der Waals surface area (Å²) >= 11 is 3.43. The van der Waals surface area contributed by atoms with Crippen LogP contribution in [-0.4, -0.2) is 6.04 Å². The SMILES string of the molecule is CC(Nc1ccc(C#N)c(Br)c1)C1CCCCC1. The summed E-state index contributed by atoms with van der Waals surface area (Å²) in [5.74, 6) is 0.785. The van der Waals surface area contributed by atoms with Crippen LogP contribution in [0, 0.1) is 17.2 Å². The first-order valence-electron chi connectivity index (χ1n) is 6.67. The highest BCUT2D eigenvalue weighted by atomic mass is 79.9. The Hall–Kier alpha value is -1.01. The van der Waals surface area contributed by atoms with Gasteiger partial charge in [0.2, 0.25) is 0 Å². The molecule has 0 bridgehead atoms. The maximum absolute atomic E-state index is 8.89. The highest BCUT2D eigenvalue weighted by Crippen LogP contribution is 2.29. The Kier molecular flexibility index (Phi) is 4.66. The first-order valence-corrected chi connectivity index (χ1v) is 7.46. The van der Waals surface area contributed by atoms with E-state index in [2.05, 4.69) is 34.2 Å². The lowest BCUT2D eigenvalue weighted by atomic mass is 9.84. The molecule has 1 saturated carbocycles. The summed E-state index contributed by atoms with van der Waals surface area (Å²) in [4.78, 5) is 0. The molecule has 0 radical (unpaired) electrons.